The largest absolute Gasteiger partial charge is 0.508 e. The lowest BCUT2D eigenvalue weighted by Gasteiger charge is -2.27. The van der Waals surface area contributed by atoms with E-state index < -0.39 is 83.4 Å². The van der Waals surface area contributed by atoms with E-state index in [0.29, 0.717) is 11.1 Å². The van der Waals surface area contributed by atoms with Crippen LogP contribution in [0.5, 0.6) is 11.5 Å². The monoisotopic (exact) mass is 1090 g/mol. The molecule has 0 saturated carbocycles. The third-order valence-corrected chi connectivity index (χ3v) is 12.1. The maximum Gasteiger partial charge on any atom is 0.408 e. The molecule has 4 atom stereocenters. The number of hydrogen-bond donors (Lipinski definition) is 10. The van der Waals surface area contributed by atoms with E-state index in [4.69, 9.17) is 14.2 Å². The minimum Gasteiger partial charge on any atom is -0.508 e. The van der Waals surface area contributed by atoms with E-state index in [9.17, 15) is 53.7 Å². The number of nitrogens with zero attached hydrogens (tertiary/aromatic N) is 1. The van der Waals surface area contributed by atoms with Crippen LogP contribution in [0.25, 0.3) is 11.1 Å². The molecule has 0 radical (unpaired) electrons. The van der Waals surface area contributed by atoms with Crippen LogP contribution in [0.1, 0.15) is 95.9 Å². The molecule has 0 unspecified atom stereocenters. The fourth-order valence-electron chi connectivity index (χ4n) is 8.30. The maximum absolute atomic E-state index is 14.5. The number of phenolic OH excluding ortho intramolecular Hbond substituents is 2. The molecule has 0 spiro atoms. The van der Waals surface area contributed by atoms with Gasteiger partial charge >= 0.3 is 24.4 Å². The number of carbonyl (C=O) groups is 8. The van der Waals surface area contributed by atoms with E-state index in [-0.39, 0.29) is 107 Å². The van der Waals surface area contributed by atoms with Gasteiger partial charge in [-0.3, -0.25) is 19.2 Å². The van der Waals surface area contributed by atoms with Crippen LogP contribution < -0.4 is 37.2 Å². The number of rotatable bonds is 20. The summed E-state index contributed by atoms with van der Waals surface area (Å²) < 4.78 is 16.2. The van der Waals surface area contributed by atoms with Crippen LogP contribution in [0, 0.1) is 0 Å². The molecular formula is C57H74N8O14. The van der Waals surface area contributed by atoms with Crippen molar-refractivity contribution in [3.8, 4) is 22.6 Å². The van der Waals surface area contributed by atoms with Crippen molar-refractivity contribution in [2.45, 2.75) is 135 Å². The number of aromatic hydroxyl groups is 2. The minimum absolute atomic E-state index is 0.0129. The molecule has 8 amide bonds. The third kappa shape index (κ3) is 21.8. The Labute approximate surface area is 459 Å². The van der Waals surface area contributed by atoms with Gasteiger partial charge in [0.2, 0.25) is 23.6 Å². The van der Waals surface area contributed by atoms with E-state index in [1.807, 2.05) is 12.1 Å². The van der Waals surface area contributed by atoms with Gasteiger partial charge in [-0.2, -0.15) is 0 Å². The van der Waals surface area contributed by atoms with Crippen LogP contribution in [0.4, 0.5) is 19.2 Å². The highest BCUT2D eigenvalue weighted by Gasteiger charge is 2.33. The fraction of sp³-hybridized carbons (Fsp3) is 0.439. The second kappa shape index (κ2) is 29.3. The molecule has 1 aliphatic heterocycles. The van der Waals surface area contributed by atoms with Crippen LogP contribution in [0.3, 0.4) is 0 Å². The number of fused-ring (bicyclic) bond motifs is 5. The molecule has 1 heterocycles. The number of ether oxygens (including phenoxy) is 3. The van der Waals surface area contributed by atoms with Crippen molar-refractivity contribution in [3.05, 3.63) is 119 Å². The van der Waals surface area contributed by atoms with E-state index in [0.717, 1.165) is 16.0 Å². The van der Waals surface area contributed by atoms with Crippen molar-refractivity contribution in [2.24, 2.45) is 0 Å². The Morgan fingerprint density at radius 1 is 0.671 bits per heavy atom. The average Bonchev–Trinajstić information content (AvgIpc) is 3.39. The Hall–Kier alpha value is -8.56. The molecule has 1 aliphatic rings. The average molecular weight is 1100 g/mol. The predicted molar refractivity (Wildman–Crippen MR) is 291 cm³/mol. The van der Waals surface area contributed by atoms with Crippen molar-refractivity contribution in [1.82, 2.24) is 42.1 Å². The molecule has 4 aromatic rings. The molecule has 0 aliphatic carbocycles. The van der Waals surface area contributed by atoms with Crippen molar-refractivity contribution < 1.29 is 67.9 Å². The first-order valence-electron chi connectivity index (χ1n) is 26.2. The summed E-state index contributed by atoms with van der Waals surface area (Å²) in [5, 5.41) is 50.9. The fourth-order valence-corrected chi connectivity index (χ4v) is 8.30. The van der Waals surface area contributed by atoms with Gasteiger partial charge in [-0.1, -0.05) is 72.8 Å². The maximum atomic E-state index is 14.5. The molecule has 22 nitrogen and oxygen atoms in total. The summed E-state index contributed by atoms with van der Waals surface area (Å²) in [4.78, 5) is 108. The van der Waals surface area contributed by atoms with E-state index >= 15 is 0 Å². The molecule has 0 aromatic heterocycles. The van der Waals surface area contributed by atoms with Gasteiger partial charge in [-0.15, -0.1) is 0 Å². The Morgan fingerprint density at radius 3 is 1.86 bits per heavy atom. The van der Waals surface area contributed by atoms with Gasteiger partial charge in [0.1, 0.15) is 47.4 Å². The summed E-state index contributed by atoms with van der Waals surface area (Å²) in [6, 6.07) is 22.3. The molecule has 79 heavy (non-hydrogen) atoms. The first-order chi connectivity index (χ1) is 37.4. The number of carbonyl (C=O) groups excluding carboxylic acids is 7. The van der Waals surface area contributed by atoms with Crippen LogP contribution >= 0.6 is 0 Å². The molecule has 4 aromatic carbocycles. The molecule has 0 saturated heterocycles. The minimum atomic E-state index is -1.41. The first-order valence-corrected chi connectivity index (χ1v) is 26.2. The summed E-state index contributed by atoms with van der Waals surface area (Å²) in [6.07, 6.45) is -4.02. The van der Waals surface area contributed by atoms with Gasteiger partial charge in [0.05, 0.1) is 0 Å². The van der Waals surface area contributed by atoms with E-state index in [1.54, 1.807) is 114 Å². The SMILES string of the molecule is CC(C)(C)OC(=O)NCCC[C@@H]1NC(=O)[C@@H](NC(=O)OC(C)(C)C)Cc2cc(ccc2O)-c2ccc(O)c(c2)C[C@@H](C(=O)NCCC[C@@H](CC(=O)NCCN(Cc2ccccc2)C(=O)O)NC(=O)OCc2ccccc2)NC1=O. The highest BCUT2D eigenvalue weighted by atomic mass is 16.6. The van der Waals surface area contributed by atoms with Crippen molar-refractivity contribution in [1.29, 1.82) is 0 Å². The second-order valence-corrected chi connectivity index (χ2v) is 21.1. The van der Waals surface area contributed by atoms with Crippen LogP contribution in [-0.4, -0.2) is 130 Å². The highest BCUT2D eigenvalue weighted by molar-refractivity contribution is 5.94. The lowest BCUT2D eigenvalue weighted by Crippen LogP contribution is -2.57. The molecular weight excluding hydrogens is 1020 g/mol. The smallest absolute Gasteiger partial charge is 0.408 e. The van der Waals surface area contributed by atoms with Crippen molar-refractivity contribution in [2.75, 3.05) is 26.2 Å². The molecule has 22 heteroatoms. The Kier molecular flexibility index (Phi) is 22.7. The number of alkyl carbamates (subject to hydrolysis) is 3. The number of carboxylic acid groups (broad SMARTS) is 1. The topological polar surface area (TPSA) is 312 Å². The Bertz CT molecular complexity index is 2730. The van der Waals surface area contributed by atoms with Gasteiger partial charge < -0.3 is 71.6 Å². The standard InChI is InChI=1S/C57H74N8O14/c1-56(2,3)78-52(72)60-26-14-20-43-50(70)63-44(31-40-29-38(21-23-46(40)66)39-22-24-47(67)41(30-39)32-45(51(71)62-43)64-54(74)79-57(4,5)6)49(69)59-25-13-19-42(61-53(73)77-35-37-17-11-8-12-18-37)33-48(68)58-27-28-65(55(75)76)34-36-15-9-7-10-16-36/h7-12,15-18,21-24,29-30,42-45,66-67H,13-14,19-20,25-28,31-35H2,1-6H3,(H,58,68)(H,59,69)(H,60,72)(H,61,73)(H,62,71)(H,63,70)(H,64,74)(H,75,76)/t42-,43-,44-,45-/m0/s1. The quantitative estimate of drug-likeness (QED) is 0.0364. The molecule has 4 bridgehead atoms. The van der Waals surface area contributed by atoms with Crippen molar-refractivity contribution >= 4 is 48.0 Å². The lowest BCUT2D eigenvalue weighted by molar-refractivity contribution is -0.132. The Morgan fingerprint density at radius 2 is 1.25 bits per heavy atom. The molecule has 10 N–H and O–H groups in total. The number of amides is 8. The van der Waals surface area contributed by atoms with Crippen LogP contribution in [0.15, 0.2) is 97.1 Å². The van der Waals surface area contributed by atoms with Gasteiger partial charge in [0.15, 0.2) is 0 Å². The predicted octanol–water partition coefficient (Wildman–Crippen LogP) is 5.91. The number of hydrogen-bond acceptors (Lipinski definition) is 13. The third-order valence-electron chi connectivity index (χ3n) is 12.1. The lowest BCUT2D eigenvalue weighted by atomic mass is 9.95. The number of nitrogens with one attached hydrogen (secondary N) is 7. The summed E-state index contributed by atoms with van der Waals surface area (Å²) in [7, 11) is 0. The van der Waals surface area contributed by atoms with Gasteiger partial charge in [0.25, 0.3) is 0 Å². The second-order valence-electron chi connectivity index (χ2n) is 21.1. The van der Waals surface area contributed by atoms with Gasteiger partial charge in [-0.25, -0.2) is 19.2 Å². The zero-order valence-corrected chi connectivity index (χ0v) is 45.5. The van der Waals surface area contributed by atoms with E-state index in [1.165, 1.54) is 12.1 Å². The normalized spacial score (nSPS) is 15.9. The number of benzene rings is 4. The van der Waals surface area contributed by atoms with Gasteiger partial charge in [0, 0.05) is 58.0 Å². The number of phenols is 2. The summed E-state index contributed by atoms with van der Waals surface area (Å²) >= 11 is 0. The zero-order valence-electron chi connectivity index (χ0n) is 45.5. The van der Waals surface area contributed by atoms with Crippen LogP contribution in [-0.2, 0) is 59.4 Å². The van der Waals surface area contributed by atoms with Gasteiger partial charge in [-0.05, 0) is 125 Å². The molecule has 0 fully saturated rings. The highest BCUT2D eigenvalue weighted by Crippen LogP contribution is 2.31. The van der Waals surface area contributed by atoms with Crippen LogP contribution in [0.2, 0.25) is 0 Å². The summed E-state index contributed by atoms with van der Waals surface area (Å²) in [5.74, 6) is -3.24. The van der Waals surface area contributed by atoms with Crippen molar-refractivity contribution in [3.63, 3.8) is 0 Å². The summed E-state index contributed by atoms with van der Waals surface area (Å²) in [5.41, 5.74) is 1.35. The zero-order chi connectivity index (χ0) is 57.7. The Balaban J connectivity index is 1.36. The first kappa shape index (κ1) is 61.3. The molecule has 5 rings (SSSR count). The summed E-state index contributed by atoms with van der Waals surface area (Å²) in [6.45, 7) is 10.0. The molecule has 426 valence electrons. The van der Waals surface area contributed by atoms with E-state index in [2.05, 4.69) is 37.2 Å².